The van der Waals surface area contributed by atoms with Gasteiger partial charge in [0.25, 0.3) is 11.8 Å². The molecular weight excluding hydrogens is 862 g/mol. The summed E-state index contributed by atoms with van der Waals surface area (Å²) < 4.78 is 13.9. The summed E-state index contributed by atoms with van der Waals surface area (Å²) in [6.07, 6.45) is 9.67. The second kappa shape index (κ2) is 17.5. The zero-order valence-electron chi connectivity index (χ0n) is 36.5. The van der Waals surface area contributed by atoms with Crippen molar-refractivity contribution in [2.75, 3.05) is 31.1 Å². The number of nitrogens with one attached hydrogen (secondary N) is 1. The number of anilines is 1. The van der Waals surface area contributed by atoms with Crippen molar-refractivity contribution < 1.29 is 18.7 Å². The van der Waals surface area contributed by atoms with Gasteiger partial charge in [-0.15, -0.1) is 31.7 Å². The number of piperidine rings is 1. The first-order valence-electron chi connectivity index (χ1n) is 22.2. The van der Waals surface area contributed by atoms with Gasteiger partial charge in [-0.1, -0.05) is 23.7 Å². The highest BCUT2D eigenvalue weighted by Gasteiger charge is 2.43. The third-order valence-corrected chi connectivity index (χ3v) is 15.0. The molecule has 0 unspecified atom stereocenters. The van der Waals surface area contributed by atoms with Crippen LogP contribution in [0.15, 0.2) is 76.5 Å². The second-order valence-corrected chi connectivity index (χ2v) is 19.3. The third kappa shape index (κ3) is 8.39. The molecule has 4 aliphatic rings. The Morgan fingerprint density at radius 2 is 1.82 bits per heavy atom. The van der Waals surface area contributed by atoms with E-state index in [9.17, 15) is 9.59 Å². The molecule has 3 fully saturated rings. The van der Waals surface area contributed by atoms with Crippen molar-refractivity contribution in [2.45, 2.75) is 90.3 Å². The lowest BCUT2D eigenvalue weighted by atomic mass is 9.79. The van der Waals surface area contributed by atoms with Crippen LogP contribution in [0.2, 0.25) is 5.02 Å². The van der Waals surface area contributed by atoms with E-state index in [4.69, 9.17) is 31.0 Å². The van der Waals surface area contributed by atoms with Crippen molar-refractivity contribution >= 4 is 46.3 Å². The van der Waals surface area contributed by atoms with Gasteiger partial charge in [0, 0.05) is 65.3 Å². The van der Waals surface area contributed by atoms with Crippen molar-refractivity contribution in [3.8, 4) is 16.8 Å². The highest BCUT2D eigenvalue weighted by molar-refractivity contribution is 7.15. The summed E-state index contributed by atoms with van der Waals surface area (Å²) in [5.74, 6) is 3.27. The largest absolute Gasteiger partial charge is 0.490 e. The van der Waals surface area contributed by atoms with Crippen molar-refractivity contribution in [1.82, 2.24) is 40.2 Å². The number of thiophene rings is 1. The monoisotopic (exact) mass is 909 g/mol. The Hall–Kier alpha value is -6.44. The van der Waals surface area contributed by atoms with Crippen LogP contribution in [0.3, 0.4) is 0 Å². The summed E-state index contributed by atoms with van der Waals surface area (Å²) in [5, 5.41) is 31.6. The summed E-state index contributed by atoms with van der Waals surface area (Å²) in [4.78, 5) is 42.5. The molecule has 0 bridgehead atoms. The minimum atomic E-state index is -0.378. The molecule has 17 heteroatoms. The molecule has 2 aromatic carbocycles. The van der Waals surface area contributed by atoms with Gasteiger partial charge in [0.2, 0.25) is 0 Å². The normalized spacial score (nSPS) is 21.6. The Morgan fingerprint density at radius 1 is 0.985 bits per heavy atom. The van der Waals surface area contributed by atoms with Crippen LogP contribution < -0.4 is 15.0 Å². The molecular formula is C48H48ClN11O4S. The number of carbonyl (C=O) groups excluding carboxylic acids is 2. The maximum atomic E-state index is 14.1. The lowest BCUT2D eigenvalue weighted by Crippen LogP contribution is -2.46. The number of benzene rings is 2. The number of amides is 2. The van der Waals surface area contributed by atoms with E-state index in [-0.39, 0.29) is 41.1 Å². The molecule has 1 aliphatic carbocycles. The van der Waals surface area contributed by atoms with Crippen molar-refractivity contribution in [2.24, 2.45) is 10.4 Å². The molecule has 2 amide bonds. The minimum absolute atomic E-state index is 0.00900. The predicted octanol–water partition coefficient (Wildman–Crippen LogP) is 7.94. The van der Waals surface area contributed by atoms with Gasteiger partial charge >= 0.3 is 0 Å². The maximum Gasteiger partial charge on any atom is 0.272 e. The van der Waals surface area contributed by atoms with Gasteiger partial charge in [0.05, 0.1) is 35.0 Å². The molecule has 1 N–H and O–H groups in total. The number of hydrogen-bond donors (Lipinski definition) is 1. The van der Waals surface area contributed by atoms with Crippen molar-refractivity contribution in [1.29, 1.82) is 5.26 Å². The van der Waals surface area contributed by atoms with E-state index < -0.39 is 0 Å². The Labute approximate surface area is 385 Å². The number of likely N-dealkylation sites (tertiary alicyclic amines) is 1. The van der Waals surface area contributed by atoms with Crippen LogP contribution in [0.1, 0.15) is 117 Å². The quantitative estimate of drug-likeness (QED) is 0.149. The Balaban J connectivity index is 0.768. The van der Waals surface area contributed by atoms with Crippen molar-refractivity contribution in [3.63, 3.8) is 0 Å². The van der Waals surface area contributed by atoms with E-state index >= 15 is 0 Å². The first-order chi connectivity index (χ1) is 31.5. The molecule has 0 radical (unpaired) electrons. The number of rotatable bonds is 9. The molecule has 7 heterocycles. The molecule has 4 aromatic heterocycles. The van der Waals surface area contributed by atoms with Crippen LogP contribution >= 0.6 is 22.9 Å². The van der Waals surface area contributed by atoms with Crippen LogP contribution in [-0.4, -0.2) is 90.7 Å². The van der Waals surface area contributed by atoms with E-state index in [0.29, 0.717) is 47.3 Å². The number of aliphatic imine (C=N–C) groups is 1. The molecule has 6 aromatic rings. The van der Waals surface area contributed by atoms with Gasteiger partial charge in [-0.25, -0.2) is 4.98 Å². The summed E-state index contributed by atoms with van der Waals surface area (Å²) in [5.41, 5.74) is 5.25. The van der Waals surface area contributed by atoms with Gasteiger partial charge < -0.3 is 24.3 Å². The minimum Gasteiger partial charge on any atom is -0.490 e. The van der Waals surface area contributed by atoms with Gasteiger partial charge in [-0.05, 0) is 108 Å². The van der Waals surface area contributed by atoms with Gasteiger partial charge in [0.1, 0.15) is 34.9 Å². The lowest BCUT2D eigenvalue weighted by molar-refractivity contribution is 0.0767. The fourth-order valence-corrected chi connectivity index (χ4v) is 11.3. The van der Waals surface area contributed by atoms with Gasteiger partial charge in [-0.3, -0.25) is 19.1 Å². The maximum absolute atomic E-state index is 14.1. The van der Waals surface area contributed by atoms with E-state index in [1.54, 1.807) is 48.1 Å². The first kappa shape index (κ1) is 42.5. The molecule has 15 nitrogen and oxygen atoms in total. The smallest absolute Gasteiger partial charge is 0.272 e. The number of nitriles is 1. The highest BCUT2D eigenvalue weighted by atomic mass is 35.5. The number of carbonyl (C=O) groups is 2. The van der Waals surface area contributed by atoms with Crippen LogP contribution in [0.5, 0.6) is 5.75 Å². The third-order valence-electron chi connectivity index (χ3n) is 13.5. The molecule has 332 valence electrons. The SMILES string of the molecule is Cc1sc2c(c1C)C(c1ccc(C(=O)N3CC[C@@]4(CCCN(c5ccc(C(=O)NC6CCC(Oc7ccc(C#N)c(Cl)c7)CC6)nn5)C4)C3)cc1)=N[C@H](Cc1ncco1)c1nnc(C)n1-2. The fraction of sp³-hybridized carbons (Fsp3) is 0.396. The van der Waals surface area contributed by atoms with Crippen LogP contribution in [0, 0.1) is 37.5 Å². The second-order valence-electron chi connectivity index (χ2n) is 17.7. The lowest BCUT2D eigenvalue weighted by Gasteiger charge is -2.40. The zero-order valence-corrected chi connectivity index (χ0v) is 38.0. The number of hydrogen-bond acceptors (Lipinski definition) is 13. The predicted molar refractivity (Wildman–Crippen MR) is 245 cm³/mol. The van der Waals surface area contributed by atoms with Crippen LogP contribution in [0.4, 0.5) is 5.82 Å². The molecule has 3 aliphatic heterocycles. The van der Waals surface area contributed by atoms with E-state index in [2.05, 4.69) is 60.1 Å². The van der Waals surface area contributed by atoms with Crippen LogP contribution in [-0.2, 0) is 6.42 Å². The Bertz CT molecular complexity index is 2830. The molecule has 65 heavy (non-hydrogen) atoms. The number of oxazole rings is 1. The standard InChI is InChI=1S/C48H48ClN11O4S/c1-28-29(2)65-47-42(28)43(53-39(24-41-51-19-22-63-41)44-57-54-30(3)60(44)47)31-5-7-32(8-6-31)46(62)59-21-18-48(27-59)17-4-20-58(26-48)40-16-15-38(55-56-40)45(61)52-34-10-13-35(14-11-34)64-36-12-9-33(25-50)37(49)23-36/h5-9,12,15-16,19,22-23,34-35,39H,4,10-11,13-14,17-18,20-21,24,26-27H2,1-3H3,(H,52,61)/t34?,35?,39-,48-/m1/s1. The van der Waals surface area contributed by atoms with Crippen molar-refractivity contribution in [3.05, 3.63) is 128 Å². The zero-order chi connectivity index (χ0) is 44.8. The highest BCUT2D eigenvalue weighted by Crippen LogP contribution is 2.42. The van der Waals surface area contributed by atoms with Crippen LogP contribution in [0.25, 0.3) is 5.00 Å². The number of ether oxygens (including phenoxy) is 1. The molecule has 1 spiro atoms. The number of aromatic nitrogens is 6. The van der Waals surface area contributed by atoms with Gasteiger partial charge in [0.15, 0.2) is 23.2 Å². The van der Waals surface area contributed by atoms with E-state index in [1.165, 1.54) is 4.88 Å². The average Bonchev–Trinajstić information content (AvgIpc) is 4.12. The Morgan fingerprint density at radius 3 is 2.55 bits per heavy atom. The first-order valence-corrected chi connectivity index (χ1v) is 23.4. The molecule has 10 rings (SSSR count). The summed E-state index contributed by atoms with van der Waals surface area (Å²) in [6.45, 7) is 9.16. The van der Waals surface area contributed by atoms with E-state index in [0.717, 1.165) is 103 Å². The Kier molecular flexibility index (Phi) is 11.4. The summed E-state index contributed by atoms with van der Waals surface area (Å²) in [7, 11) is 0. The number of fused-ring (bicyclic) bond motifs is 3. The molecule has 2 saturated heterocycles. The van der Waals surface area contributed by atoms with E-state index in [1.807, 2.05) is 42.2 Å². The summed E-state index contributed by atoms with van der Waals surface area (Å²) in [6, 6.07) is 18.3. The van der Waals surface area contributed by atoms with Gasteiger partial charge in [-0.2, -0.15) is 5.26 Å². The topological polar surface area (TPSA) is 181 Å². The number of halogens is 1. The summed E-state index contributed by atoms with van der Waals surface area (Å²) >= 11 is 7.89. The molecule has 2 atom stereocenters. The average molecular weight is 911 g/mol. The fourth-order valence-electron chi connectivity index (χ4n) is 9.89. The number of aryl methyl sites for hydroxylation is 2. The number of nitrogens with zero attached hydrogens (tertiary/aromatic N) is 10. The molecule has 1 saturated carbocycles.